The van der Waals surface area contributed by atoms with Crippen LogP contribution >= 0.6 is 11.3 Å². The van der Waals surface area contributed by atoms with Crippen molar-refractivity contribution >= 4 is 11.3 Å². The summed E-state index contributed by atoms with van der Waals surface area (Å²) in [5.41, 5.74) is 7.70. The lowest BCUT2D eigenvalue weighted by molar-refractivity contribution is 0.338. The summed E-state index contributed by atoms with van der Waals surface area (Å²) in [5.74, 6) is 0.480. The molecule has 5 rings (SSSR count). The number of ether oxygens (including phenoxy) is 1. The SMILES string of the molecule is CCOc1ccc(CCCCc2nc(-c3ccc(F)nc3)c(-c3ccc(-c4ccccc4)cc3)s2)cc1C. The number of hydrogen-bond donors (Lipinski definition) is 0. The average molecular weight is 523 g/mol. The van der Waals surface area contributed by atoms with Crippen LogP contribution in [0.5, 0.6) is 5.75 Å². The van der Waals surface area contributed by atoms with Crippen molar-refractivity contribution in [3.8, 4) is 38.6 Å². The van der Waals surface area contributed by atoms with Crippen LogP contribution in [-0.2, 0) is 12.8 Å². The van der Waals surface area contributed by atoms with Crippen molar-refractivity contribution in [2.45, 2.75) is 39.5 Å². The highest BCUT2D eigenvalue weighted by molar-refractivity contribution is 7.15. The first-order chi connectivity index (χ1) is 18.6. The fourth-order valence-corrected chi connectivity index (χ4v) is 5.75. The summed E-state index contributed by atoms with van der Waals surface area (Å²) in [7, 11) is 0. The van der Waals surface area contributed by atoms with Crippen molar-refractivity contribution < 1.29 is 9.13 Å². The minimum absolute atomic E-state index is 0.484. The lowest BCUT2D eigenvalue weighted by Gasteiger charge is -2.09. The van der Waals surface area contributed by atoms with Gasteiger partial charge in [0.15, 0.2) is 0 Å². The van der Waals surface area contributed by atoms with Gasteiger partial charge in [-0.2, -0.15) is 4.39 Å². The highest BCUT2D eigenvalue weighted by Gasteiger charge is 2.16. The van der Waals surface area contributed by atoms with Crippen LogP contribution in [-0.4, -0.2) is 16.6 Å². The standard InChI is InChI=1S/C33H31FN2OS/c1-3-37-29-19-13-24(21-23(29)2)9-7-8-12-31-36-32(28-18-20-30(34)35-22-28)33(38-31)27-16-14-26(15-17-27)25-10-5-4-6-11-25/h4-6,10-11,13-22H,3,7-9,12H2,1-2H3. The van der Waals surface area contributed by atoms with Crippen molar-refractivity contribution in [2.75, 3.05) is 6.61 Å². The van der Waals surface area contributed by atoms with Gasteiger partial charge in [-0.05, 0) is 85.5 Å². The van der Waals surface area contributed by atoms with Crippen molar-refractivity contribution in [2.24, 2.45) is 0 Å². The monoisotopic (exact) mass is 522 g/mol. The molecular formula is C33H31FN2OS. The van der Waals surface area contributed by atoms with Gasteiger partial charge < -0.3 is 4.74 Å². The third-order valence-corrected chi connectivity index (χ3v) is 7.74. The van der Waals surface area contributed by atoms with Crippen LogP contribution in [0.4, 0.5) is 4.39 Å². The molecule has 5 heteroatoms. The minimum Gasteiger partial charge on any atom is -0.494 e. The van der Waals surface area contributed by atoms with E-state index in [-0.39, 0.29) is 0 Å². The molecule has 0 bridgehead atoms. The van der Waals surface area contributed by atoms with Gasteiger partial charge in [0.2, 0.25) is 5.95 Å². The molecule has 0 amide bonds. The lowest BCUT2D eigenvalue weighted by Crippen LogP contribution is -1.95. The number of nitrogens with zero attached hydrogens (tertiary/aromatic N) is 2. The molecule has 0 aliphatic heterocycles. The zero-order valence-electron chi connectivity index (χ0n) is 21.8. The summed E-state index contributed by atoms with van der Waals surface area (Å²) in [5, 5.41) is 1.09. The first-order valence-corrected chi connectivity index (χ1v) is 13.9. The molecular weight excluding hydrogens is 491 g/mol. The zero-order valence-corrected chi connectivity index (χ0v) is 22.6. The zero-order chi connectivity index (χ0) is 26.3. The summed E-state index contributed by atoms with van der Waals surface area (Å²) in [6.45, 7) is 4.79. The summed E-state index contributed by atoms with van der Waals surface area (Å²) in [6.07, 6.45) is 5.64. The van der Waals surface area contributed by atoms with Crippen molar-refractivity contribution in [1.82, 2.24) is 9.97 Å². The van der Waals surface area contributed by atoms with Crippen LogP contribution in [0.3, 0.4) is 0 Å². The summed E-state index contributed by atoms with van der Waals surface area (Å²) in [6, 6.07) is 28.6. The predicted molar refractivity (Wildman–Crippen MR) is 155 cm³/mol. The van der Waals surface area contributed by atoms with E-state index in [1.54, 1.807) is 23.6 Å². The fourth-order valence-electron chi connectivity index (χ4n) is 4.61. The molecule has 0 saturated carbocycles. The van der Waals surface area contributed by atoms with E-state index < -0.39 is 5.95 Å². The van der Waals surface area contributed by atoms with Gasteiger partial charge >= 0.3 is 0 Å². The second-order valence-electron chi connectivity index (χ2n) is 9.34. The van der Waals surface area contributed by atoms with Gasteiger partial charge in [0.25, 0.3) is 0 Å². The van der Waals surface area contributed by atoms with E-state index in [4.69, 9.17) is 9.72 Å². The number of hydrogen-bond acceptors (Lipinski definition) is 4. The number of unbranched alkanes of at least 4 members (excludes halogenated alkanes) is 1. The molecule has 2 aromatic heterocycles. The van der Waals surface area contributed by atoms with E-state index in [0.29, 0.717) is 6.61 Å². The smallest absolute Gasteiger partial charge is 0.212 e. The van der Waals surface area contributed by atoms with Crippen LogP contribution in [0.1, 0.15) is 35.9 Å². The van der Waals surface area contributed by atoms with E-state index in [0.717, 1.165) is 58.1 Å². The Labute approximate surface area is 228 Å². The number of thiazole rings is 1. The van der Waals surface area contributed by atoms with Crippen LogP contribution in [0, 0.1) is 12.9 Å². The molecule has 0 unspecified atom stereocenters. The predicted octanol–water partition coefficient (Wildman–Crippen LogP) is 8.95. The maximum absolute atomic E-state index is 13.5. The Morgan fingerprint density at radius 1 is 0.789 bits per heavy atom. The van der Waals surface area contributed by atoms with Crippen molar-refractivity contribution in [1.29, 1.82) is 0 Å². The number of rotatable bonds is 10. The van der Waals surface area contributed by atoms with E-state index in [2.05, 4.69) is 78.6 Å². The second kappa shape index (κ2) is 12.1. The topological polar surface area (TPSA) is 35.0 Å². The molecule has 192 valence electrons. The largest absolute Gasteiger partial charge is 0.494 e. The number of aromatic nitrogens is 2. The van der Waals surface area contributed by atoms with Crippen molar-refractivity contribution in [3.63, 3.8) is 0 Å². The Balaban J connectivity index is 1.32. The number of halogens is 1. The molecule has 0 saturated heterocycles. The molecule has 2 heterocycles. The van der Waals surface area contributed by atoms with Gasteiger partial charge in [-0.3, -0.25) is 0 Å². The van der Waals surface area contributed by atoms with Gasteiger partial charge in [0, 0.05) is 11.8 Å². The summed E-state index contributed by atoms with van der Waals surface area (Å²) >= 11 is 1.72. The van der Waals surface area contributed by atoms with Crippen LogP contribution in [0.25, 0.3) is 32.8 Å². The fraction of sp³-hybridized carbons (Fsp3) is 0.212. The van der Waals surface area contributed by atoms with E-state index in [1.165, 1.54) is 28.3 Å². The van der Waals surface area contributed by atoms with Crippen LogP contribution in [0.2, 0.25) is 0 Å². The maximum atomic E-state index is 13.5. The highest BCUT2D eigenvalue weighted by Crippen LogP contribution is 2.38. The quantitative estimate of drug-likeness (QED) is 0.136. The Hall–Kier alpha value is -3.83. The lowest BCUT2D eigenvalue weighted by atomic mass is 10.0. The van der Waals surface area contributed by atoms with Gasteiger partial charge in [-0.25, -0.2) is 9.97 Å². The van der Waals surface area contributed by atoms with Gasteiger partial charge in [0.1, 0.15) is 5.75 Å². The van der Waals surface area contributed by atoms with Gasteiger partial charge in [-0.1, -0.05) is 66.7 Å². The number of pyridine rings is 1. The molecule has 0 fully saturated rings. The first kappa shape index (κ1) is 25.8. The molecule has 38 heavy (non-hydrogen) atoms. The van der Waals surface area contributed by atoms with Gasteiger partial charge in [0.05, 0.1) is 22.2 Å². The molecule has 0 aliphatic rings. The molecule has 0 N–H and O–H groups in total. The Bertz CT molecular complexity index is 1480. The average Bonchev–Trinajstić information content (AvgIpc) is 3.38. The normalized spacial score (nSPS) is 11.0. The molecule has 0 aliphatic carbocycles. The first-order valence-electron chi connectivity index (χ1n) is 13.1. The van der Waals surface area contributed by atoms with E-state index >= 15 is 0 Å². The van der Waals surface area contributed by atoms with Crippen LogP contribution < -0.4 is 4.74 Å². The van der Waals surface area contributed by atoms with Crippen LogP contribution in [0.15, 0.2) is 91.1 Å². The maximum Gasteiger partial charge on any atom is 0.212 e. The van der Waals surface area contributed by atoms with Gasteiger partial charge in [-0.15, -0.1) is 11.3 Å². The van der Waals surface area contributed by atoms with Crippen molar-refractivity contribution in [3.05, 3.63) is 113 Å². The molecule has 5 aromatic rings. The minimum atomic E-state index is -0.484. The molecule has 0 radical (unpaired) electrons. The Morgan fingerprint density at radius 2 is 1.50 bits per heavy atom. The third-order valence-electron chi connectivity index (χ3n) is 6.57. The molecule has 0 spiro atoms. The summed E-state index contributed by atoms with van der Waals surface area (Å²) in [4.78, 5) is 9.97. The third kappa shape index (κ3) is 6.17. The Kier molecular flexibility index (Phi) is 8.25. The molecule has 3 nitrogen and oxygen atoms in total. The second-order valence-corrected chi connectivity index (χ2v) is 10.4. The summed E-state index contributed by atoms with van der Waals surface area (Å²) < 4.78 is 19.2. The van der Waals surface area contributed by atoms with E-state index in [9.17, 15) is 4.39 Å². The highest BCUT2D eigenvalue weighted by atomic mass is 32.1. The number of benzene rings is 3. The molecule has 0 atom stereocenters. The number of aryl methyl sites for hydroxylation is 3. The van der Waals surface area contributed by atoms with E-state index in [1.807, 2.05) is 13.0 Å². The Morgan fingerprint density at radius 3 is 2.21 bits per heavy atom. The molecule has 3 aromatic carbocycles.